The number of hydrogen-bond acceptors (Lipinski definition) is 2. The maximum Gasteiger partial charge on any atom is 0.183 e. The summed E-state index contributed by atoms with van der Waals surface area (Å²) in [7, 11) is 0. The molecular weight excluding hydrogens is 342 g/mol. The van der Waals surface area contributed by atoms with Gasteiger partial charge in [-0.2, -0.15) is 0 Å². The van der Waals surface area contributed by atoms with Crippen molar-refractivity contribution < 1.29 is 4.74 Å². The van der Waals surface area contributed by atoms with E-state index in [4.69, 9.17) is 4.74 Å². The highest BCUT2D eigenvalue weighted by Crippen LogP contribution is 2.20. The first-order chi connectivity index (χ1) is 13.6. The Kier molecular flexibility index (Phi) is 15.4. The van der Waals surface area contributed by atoms with E-state index in [9.17, 15) is 0 Å². The monoisotopic (exact) mass is 391 g/mol. The van der Waals surface area contributed by atoms with Crippen LogP contribution in [0, 0.1) is 0 Å². The second-order valence-corrected chi connectivity index (χ2v) is 9.36. The highest BCUT2D eigenvalue weighted by Gasteiger charge is 2.25. The standard InChI is InChI=1S/C26H49NO/c1-4-5-6-7-8-9-10-11-12-13-14-15-16-17-18-19-20-21-22-23-25-27-26(2,3)24-28-25/h11-12H,4-10,13-24H2,1-3H3/b12-11+. The average molecular weight is 392 g/mol. The van der Waals surface area contributed by atoms with Crippen LogP contribution in [0.4, 0.5) is 0 Å². The van der Waals surface area contributed by atoms with Gasteiger partial charge >= 0.3 is 0 Å². The molecule has 1 aliphatic rings. The molecule has 2 nitrogen and oxygen atoms in total. The highest BCUT2D eigenvalue weighted by atomic mass is 16.5. The molecule has 0 saturated heterocycles. The first-order valence-electron chi connectivity index (χ1n) is 12.5. The summed E-state index contributed by atoms with van der Waals surface area (Å²) in [6.45, 7) is 7.34. The summed E-state index contributed by atoms with van der Waals surface area (Å²) >= 11 is 0. The van der Waals surface area contributed by atoms with Crippen molar-refractivity contribution in [3.05, 3.63) is 12.2 Å². The van der Waals surface area contributed by atoms with E-state index >= 15 is 0 Å². The van der Waals surface area contributed by atoms with Gasteiger partial charge in [0.1, 0.15) is 6.61 Å². The zero-order valence-electron chi connectivity index (χ0n) is 19.4. The fraction of sp³-hybridized carbons (Fsp3) is 0.885. The summed E-state index contributed by atoms with van der Waals surface area (Å²) in [4.78, 5) is 4.63. The van der Waals surface area contributed by atoms with Gasteiger partial charge in [-0.05, 0) is 46.0 Å². The Morgan fingerprint density at radius 1 is 0.714 bits per heavy atom. The summed E-state index contributed by atoms with van der Waals surface area (Å²) in [5.41, 5.74) is 0.0129. The van der Waals surface area contributed by atoms with Crippen LogP contribution in [0.15, 0.2) is 17.1 Å². The minimum Gasteiger partial charge on any atom is -0.478 e. The SMILES string of the molecule is CCCCCCCC/C=C/CCCCCCCCCCCC1=NC(C)(C)CO1. The molecule has 1 heterocycles. The molecule has 0 aromatic heterocycles. The number of hydrogen-bond donors (Lipinski definition) is 0. The lowest BCUT2D eigenvalue weighted by molar-refractivity contribution is 0.273. The Bertz CT molecular complexity index is 411. The van der Waals surface area contributed by atoms with Crippen LogP contribution in [0.1, 0.15) is 136 Å². The van der Waals surface area contributed by atoms with Crippen LogP contribution in [0.3, 0.4) is 0 Å². The highest BCUT2D eigenvalue weighted by molar-refractivity contribution is 5.78. The van der Waals surface area contributed by atoms with Gasteiger partial charge in [0, 0.05) is 6.42 Å². The Morgan fingerprint density at radius 2 is 1.18 bits per heavy atom. The molecule has 0 radical (unpaired) electrons. The van der Waals surface area contributed by atoms with Crippen LogP contribution in [0.25, 0.3) is 0 Å². The zero-order chi connectivity index (χ0) is 20.3. The molecule has 1 aliphatic heterocycles. The predicted molar refractivity (Wildman–Crippen MR) is 125 cm³/mol. The number of allylic oxidation sites excluding steroid dienone is 2. The van der Waals surface area contributed by atoms with E-state index in [1.165, 1.54) is 109 Å². The van der Waals surface area contributed by atoms with Gasteiger partial charge in [-0.25, -0.2) is 4.99 Å². The first kappa shape index (κ1) is 25.2. The molecule has 1 rings (SSSR count). The molecule has 0 atom stereocenters. The van der Waals surface area contributed by atoms with Gasteiger partial charge in [0.25, 0.3) is 0 Å². The van der Waals surface area contributed by atoms with E-state index in [0.717, 1.165) is 18.9 Å². The molecule has 0 bridgehead atoms. The number of nitrogens with zero attached hydrogens (tertiary/aromatic N) is 1. The van der Waals surface area contributed by atoms with E-state index in [0.29, 0.717) is 0 Å². The van der Waals surface area contributed by atoms with Crippen LogP contribution in [-0.2, 0) is 4.74 Å². The van der Waals surface area contributed by atoms with Gasteiger partial charge in [-0.1, -0.05) is 96.1 Å². The smallest absolute Gasteiger partial charge is 0.183 e. The van der Waals surface area contributed by atoms with Crippen molar-refractivity contribution >= 4 is 5.90 Å². The largest absolute Gasteiger partial charge is 0.478 e. The molecule has 0 aromatic carbocycles. The third kappa shape index (κ3) is 15.2. The molecule has 0 fully saturated rings. The molecule has 0 aliphatic carbocycles. The Balaban J connectivity index is 1.73. The molecule has 0 unspecified atom stereocenters. The van der Waals surface area contributed by atoms with Crippen molar-refractivity contribution in [3.8, 4) is 0 Å². The average Bonchev–Trinajstić information content (AvgIpc) is 3.02. The molecule has 0 N–H and O–H groups in total. The van der Waals surface area contributed by atoms with Crippen molar-refractivity contribution in [1.82, 2.24) is 0 Å². The third-order valence-electron chi connectivity index (χ3n) is 5.67. The maximum atomic E-state index is 5.65. The molecule has 0 spiro atoms. The van der Waals surface area contributed by atoms with E-state index < -0.39 is 0 Å². The summed E-state index contributed by atoms with van der Waals surface area (Å²) in [6.07, 6.45) is 29.3. The molecule has 0 aromatic rings. The first-order valence-corrected chi connectivity index (χ1v) is 12.5. The Morgan fingerprint density at radius 3 is 1.64 bits per heavy atom. The van der Waals surface area contributed by atoms with E-state index in [2.05, 4.69) is 37.9 Å². The lowest BCUT2D eigenvalue weighted by atomic mass is 10.1. The number of aliphatic imine (C=N–C) groups is 1. The van der Waals surface area contributed by atoms with Crippen molar-refractivity contribution in [3.63, 3.8) is 0 Å². The number of unbranched alkanes of at least 4 members (excludes halogenated alkanes) is 15. The summed E-state index contributed by atoms with van der Waals surface area (Å²) in [5, 5.41) is 0. The minimum atomic E-state index is 0.0129. The summed E-state index contributed by atoms with van der Waals surface area (Å²) in [6, 6.07) is 0. The normalized spacial score (nSPS) is 15.9. The molecular formula is C26H49NO. The van der Waals surface area contributed by atoms with Crippen molar-refractivity contribution in [2.75, 3.05) is 6.61 Å². The van der Waals surface area contributed by atoms with Crippen molar-refractivity contribution in [1.29, 1.82) is 0 Å². The van der Waals surface area contributed by atoms with Gasteiger partial charge in [-0.15, -0.1) is 0 Å². The summed E-state index contributed by atoms with van der Waals surface area (Å²) < 4.78 is 5.65. The lowest BCUT2D eigenvalue weighted by Crippen LogP contribution is -2.17. The van der Waals surface area contributed by atoms with E-state index in [-0.39, 0.29) is 5.54 Å². The van der Waals surface area contributed by atoms with Gasteiger partial charge in [0.15, 0.2) is 5.90 Å². The second-order valence-electron chi connectivity index (χ2n) is 9.36. The van der Waals surface area contributed by atoms with Crippen molar-refractivity contribution in [2.45, 2.75) is 142 Å². The fourth-order valence-electron chi connectivity index (χ4n) is 3.84. The number of rotatable bonds is 19. The van der Waals surface area contributed by atoms with Crippen LogP contribution in [0.2, 0.25) is 0 Å². The topological polar surface area (TPSA) is 21.6 Å². The Labute approximate surface area is 176 Å². The molecule has 2 heteroatoms. The molecule has 28 heavy (non-hydrogen) atoms. The molecule has 164 valence electrons. The lowest BCUT2D eigenvalue weighted by Gasteiger charge is -2.07. The predicted octanol–water partition coefficient (Wildman–Crippen LogP) is 8.79. The van der Waals surface area contributed by atoms with Crippen LogP contribution in [0.5, 0.6) is 0 Å². The second kappa shape index (κ2) is 17.1. The molecule has 0 amide bonds. The van der Waals surface area contributed by atoms with Crippen molar-refractivity contribution in [2.24, 2.45) is 4.99 Å². The van der Waals surface area contributed by atoms with Crippen LogP contribution >= 0.6 is 0 Å². The quantitative estimate of drug-likeness (QED) is 0.159. The molecule has 0 saturated carbocycles. The number of ether oxygens (including phenoxy) is 1. The summed E-state index contributed by atoms with van der Waals surface area (Å²) in [5.74, 6) is 0.992. The van der Waals surface area contributed by atoms with Gasteiger partial charge < -0.3 is 4.74 Å². The van der Waals surface area contributed by atoms with E-state index in [1.807, 2.05) is 0 Å². The van der Waals surface area contributed by atoms with Crippen LogP contribution < -0.4 is 0 Å². The maximum absolute atomic E-state index is 5.65. The van der Waals surface area contributed by atoms with Crippen LogP contribution in [-0.4, -0.2) is 18.0 Å². The Hall–Kier alpha value is -0.790. The fourth-order valence-corrected chi connectivity index (χ4v) is 3.84. The van der Waals surface area contributed by atoms with Gasteiger partial charge in [0.2, 0.25) is 0 Å². The zero-order valence-corrected chi connectivity index (χ0v) is 19.4. The minimum absolute atomic E-state index is 0.0129. The van der Waals surface area contributed by atoms with Gasteiger partial charge in [-0.3, -0.25) is 0 Å². The van der Waals surface area contributed by atoms with E-state index in [1.54, 1.807) is 0 Å². The van der Waals surface area contributed by atoms with Gasteiger partial charge in [0.05, 0.1) is 5.54 Å². The third-order valence-corrected chi connectivity index (χ3v) is 5.67.